The predicted octanol–water partition coefficient (Wildman–Crippen LogP) is 3.81. The molecule has 2 aromatic rings. The van der Waals surface area contributed by atoms with Gasteiger partial charge in [0.1, 0.15) is 5.75 Å². The lowest BCUT2D eigenvalue weighted by atomic mass is 10.2. The molecule has 5 nitrogen and oxygen atoms in total. The summed E-state index contributed by atoms with van der Waals surface area (Å²) in [5.74, 6) is 1.05. The van der Waals surface area contributed by atoms with Crippen LogP contribution < -0.4 is 15.0 Å². The fourth-order valence-corrected chi connectivity index (χ4v) is 3.44. The molecule has 1 aliphatic heterocycles. The summed E-state index contributed by atoms with van der Waals surface area (Å²) < 4.78 is 5.20. The van der Waals surface area contributed by atoms with Gasteiger partial charge in [-0.25, -0.2) is 0 Å². The molecule has 27 heavy (non-hydrogen) atoms. The number of nitrogens with one attached hydrogen (secondary N) is 1. The third-order valence-electron chi connectivity index (χ3n) is 4.99. The molecule has 0 aliphatic carbocycles. The van der Waals surface area contributed by atoms with Crippen molar-refractivity contribution in [3.05, 3.63) is 53.1 Å². The van der Waals surface area contributed by atoms with E-state index >= 15 is 0 Å². The number of benzene rings is 2. The van der Waals surface area contributed by atoms with E-state index in [4.69, 9.17) is 16.3 Å². The molecule has 0 bridgehead atoms. The zero-order valence-corrected chi connectivity index (χ0v) is 16.6. The zero-order valence-electron chi connectivity index (χ0n) is 15.9. The average molecular weight is 388 g/mol. The summed E-state index contributed by atoms with van der Waals surface area (Å²) in [6, 6.07) is 13.8. The SMILES string of the molecule is COc1ccc(N2CCN(C(=O)CCNc3cccc(Cl)c3C)CC2)cc1. The lowest BCUT2D eigenvalue weighted by molar-refractivity contribution is -0.131. The first-order valence-corrected chi connectivity index (χ1v) is 9.62. The van der Waals surface area contributed by atoms with Crippen LogP contribution in [-0.2, 0) is 4.79 Å². The monoisotopic (exact) mass is 387 g/mol. The Bertz CT molecular complexity index is 771. The summed E-state index contributed by atoms with van der Waals surface area (Å²) in [6.45, 7) is 5.78. The first-order valence-electron chi connectivity index (χ1n) is 9.24. The summed E-state index contributed by atoms with van der Waals surface area (Å²) >= 11 is 6.13. The highest BCUT2D eigenvalue weighted by Gasteiger charge is 2.21. The van der Waals surface area contributed by atoms with Gasteiger partial charge in [-0.1, -0.05) is 17.7 Å². The topological polar surface area (TPSA) is 44.8 Å². The highest BCUT2D eigenvalue weighted by atomic mass is 35.5. The molecule has 0 radical (unpaired) electrons. The van der Waals surface area contributed by atoms with Gasteiger partial charge in [-0.05, 0) is 48.9 Å². The van der Waals surface area contributed by atoms with Crippen LogP contribution in [0.15, 0.2) is 42.5 Å². The Balaban J connectivity index is 1.44. The van der Waals surface area contributed by atoms with Crippen LogP contribution in [0.4, 0.5) is 11.4 Å². The van der Waals surface area contributed by atoms with E-state index in [1.54, 1.807) is 7.11 Å². The molecule has 0 spiro atoms. The molecule has 3 rings (SSSR count). The van der Waals surface area contributed by atoms with Crippen LogP contribution in [0.3, 0.4) is 0 Å². The maximum absolute atomic E-state index is 12.5. The van der Waals surface area contributed by atoms with Gasteiger partial charge in [0.25, 0.3) is 0 Å². The van der Waals surface area contributed by atoms with Crippen LogP contribution in [0.25, 0.3) is 0 Å². The lowest BCUT2D eigenvalue weighted by Gasteiger charge is -2.36. The standard InChI is InChI=1S/C21H26ClN3O2/c1-16-19(22)4-3-5-20(16)23-11-10-21(26)25-14-12-24(13-15-25)17-6-8-18(27-2)9-7-17/h3-9,23H,10-15H2,1-2H3. The minimum Gasteiger partial charge on any atom is -0.497 e. The van der Waals surface area contributed by atoms with Crippen LogP contribution >= 0.6 is 11.6 Å². The van der Waals surface area contributed by atoms with Gasteiger partial charge in [0.15, 0.2) is 0 Å². The third-order valence-corrected chi connectivity index (χ3v) is 5.40. The number of hydrogen-bond acceptors (Lipinski definition) is 4. The quantitative estimate of drug-likeness (QED) is 0.818. The normalized spacial score (nSPS) is 14.2. The van der Waals surface area contributed by atoms with Gasteiger partial charge in [0, 0.05) is 55.5 Å². The van der Waals surface area contributed by atoms with E-state index in [0.717, 1.165) is 48.2 Å². The summed E-state index contributed by atoms with van der Waals surface area (Å²) in [4.78, 5) is 16.7. The van der Waals surface area contributed by atoms with E-state index in [-0.39, 0.29) is 5.91 Å². The Hall–Kier alpha value is -2.40. The fraction of sp³-hybridized carbons (Fsp3) is 0.381. The number of ether oxygens (including phenoxy) is 1. The molecule has 0 aromatic heterocycles. The largest absolute Gasteiger partial charge is 0.497 e. The molecule has 0 unspecified atom stereocenters. The molecule has 1 N–H and O–H groups in total. The Kier molecular flexibility index (Phi) is 6.45. The maximum atomic E-state index is 12.5. The van der Waals surface area contributed by atoms with E-state index in [0.29, 0.717) is 13.0 Å². The van der Waals surface area contributed by atoms with Gasteiger partial charge < -0.3 is 19.9 Å². The number of halogens is 1. The molecule has 1 fully saturated rings. The second-order valence-electron chi connectivity index (χ2n) is 6.66. The van der Waals surface area contributed by atoms with Crippen LogP contribution in [0, 0.1) is 6.92 Å². The van der Waals surface area contributed by atoms with Crippen LogP contribution in [0.1, 0.15) is 12.0 Å². The highest BCUT2D eigenvalue weighted by Crippen LogP contribution is 2.23. The van der Waals surface area contributed by atoms with Crippen molar-refractivity contribution in [3.63, 3.8) is 0 Å². The molecule has 144 valence electrons. The number of rotatable bonds is 6. The number of nitrogens with zero attached hydrogens (tertiary/aromatic N) is 2. The van der Waals surface area contributed by atoms with Crippen LogP contribution in [0.5, 0.6) is 5.75 Å². The number of piperazine rings is 1. The molecule has 1 aliphatic rings. The zero-order chi connectivity index (χ0) is 19.2. The van der Waals surface area contributed by atoms with Crippen LogP contribution in [-0.4, -0.2) is 50.6 Å². The smallest absolute Gasteiger partial charge is 0.224 e. The molecular formula is C21H26ClN3O2. The van der Waals surface area contributed by atoms with Crippen molar-refractivity contribution in [2.45, 2.75) is 13.3 Å². The fourth-order valence-electron chi connectivity index (χ4n) is 3.27. The minimum atomic E-state index is 0.191. The second kappa shape index (κ2) is 9.00. The van der Waals surface area contributed by atoms with Gasteiger partial charge in [-0.3, -0.25) is 4.79 Å². The summed E-state index contributed by atoms with van der Waals surface area (Å²) in [6.07, 6.45) is 0.481. The van der Waals surface area contributed by atoms with Crippen molar-refractivity contribution in [2.24, 2.45) is 0 Å². The van der Waals surface area contributed by atoms with Crippen LogP contribution in [0.2, 0.25) is 5.02 Å². The van der Waals surface area contributed by atoms with Crippen molar-refractivity contribution in [3.8, 4) is 5.75 Å². The Labute approximate surface area is 165 Å². The molecule has 1 heterocycles. The van der Waals surface area contributed by atoms with E-state index in [2.05, 4.69) is 22.3 Å². The van der Waals surface area contributed by atoms with E-state index < -0.39 is 0 Å². The van der Waals surface area contributed by atoms with Gasteiger partial charge in [0.05, 0.1) is 7.11 Å². The average Bonchev–Trinajstić information content (AvgIpc) is 2.71. The first-order chi connectivity index (χ1) is 13.1. The van der Waals surface area contributed by atoms with Gasteiger partial charge >= 0.3 is 0 Å². The number of carbonyl (C=O) groups excluding carboxylic acids is 1. The van der Waals surface area contributed by atoms with E-state index in [1.807, 2.05) is 42.2 Å². The highest BCUT2D eigenvalue weighted by molar-refractivity contribution is 6.31. The summed E-state index contributed by atoms with van der Waals surface area (Å²) in [5.41, 5.74) is 3.17. The number of anilines is 2. The molecule has 6 heteroatoms. The van der Waals surface area contributed by atoms with Gasteiger partial charge in [-0.15, -0.1) is 0 Å². The van der Waals surface area contributed by atoms with E-state index in [9.17, 15) is 4.79 Å². The Morgan fingerprint density at radius 2 is 1.81 bits per heavy atom. The second-order valence-corrected chi connectivity index (χ2v) is 7.06. The third kappa shape index (κ3) is 4.86. The van der Waals surface area contributed by atoms with Crippen molar-refractivity contribution < 1.29 is 9.53 Å². The van der Waals surface area contributed by atoms with Crippen molar-refractivity contribution in [2.75, 3.05) is 50.1 Å². The van der Waals surface area contributed by atoms with Crippen molar-refractivity contribution >= 4 is 28.9 Å². The Morgan fingerprint density at radius 1 is 1.11 bits per heavy atom. The number of carbonyl (C=O) groups is 1. The number of hydrogen-bond donors (Lipinski definition) is 1. The molecule has 2 aromatic carbocycles. The number of amides is 1. The minimum absolute atomic E-state index is 0.191. The van der Waals surface area contributed by atoms with E-state index in [1.165, 1.54) is 5.69 Å². The maximum Gasteiger partial charge on any atom is 0.224 e. The van der Waals surface area contributed by atoms with Crippen molar-refractivity contribution in [1.82, 2.24) is 4.90 Å². The molecule has 0 atom stereocenters. The van der Waals surface area contributed by atoms with Gasteiger partial charge in [0.2, 0.25) is 5.91 Å². The molecule has 1 saturated heterocycles. The summed E-state index contributed by atoms with van der Waals surface area (Å²) in [5, 5.41) is 4.05. The molecule has 0 saturated carbocycles. The number of methoxy groups -OCH3 is 1. The van der Waals surface area contributed by atoms with Gasteiger partial charge in [-0.2, -0.15) is 0 Å². The molecular weight excluding hydrogens is 362 g/mol. The Morgan fingerprint density at radius 3 is 2.48 bits per heavy atom. The molecule has 1 amide bonds. The van der Waals surface area contributed by atoms with Crippen molar-refractivity contribution in [1.29, 1.82) is 0 Å². The summed E-state index contributed by atoms with van der Waals surface area (Å²) in [7, 11) is 1.67. The lowest BCUT2D eigenvalue weighted by Crippen LogP contribution is -2.49. The predicted molar refractivity (Wildman–Crippen MR) is 111 cm³/mol. The first kappa shape index (κ1) is 19.4.